The summed E-state index contributed by atoms with van der Waals surface area (Å²) < 4.78 is 0. The van der Waals surface area contributed by atoms with Gasteiger partial charge in [0.2, 0.25) is 0 Å². The first kappa shape index (κ1) is 5.10. The highest BCUT2D eigenvalue weighted by molar-refractivity contribution is 5.19. The molecular weight excluding hydrogens is 110 g/mol. The van der Waals surface area contributed by atoms with Crippen LogP contribution in [0.15, 0.2) is 24.6 Å². The van der Waals surface area contributed by atoms with Crippen molar-refractivity contribution in [2.45, 2.75) is 19.3 Å². The summed E-state index contributed by atoms with van der Waals surface area (Å²) in [6.45, 7) is 0. The molecule has 1 aliphatic carbocycles. The average Bonchev–Trinajstić information content (AvgIpc) is 1.87. The Kier molecular flexibility index (Phi) is 0.922. The van der Waals surface area contributed by atoms with Crippen LogP contribution >= 0.6 is 0 Å². The topological polar surface area (TPSA) is 12.0 Å². The van der Waals surface area contributed by atoms with Gasteiger partial charge in [-0.15, -0.1) is 0 Å². The summed E-state index contributed by atoms with van der Waals surface area (Å²) in [7, 11) is 0. The van der Waals surface area contributed by atoms with E-state index in [1.807, 2.05) is 12.4 Å². The lowest BCUT2D eigenvalue weighted by atomic mass is 9.68. The van der Waals surface area contributed by atoms with Crippen molar-refractivity contribution in [3.05, 3.63) is 24.6 Å². The van der Waals surface area contributed by atoms with Gasteiger partial charge in [-0.25, -0.2) is 0 Å². The van der Waals surface area contributed by atoms with Gasteiger partial charge in [0, 0.05) is 5.41 Å². The molecule has 0 radical (unpaired) electrons. The molecule has 0 aromatic rings. The van der Waals surface area contributed by atoms with Gasteiger partial charge in [-0.2, -0.15) is 0 Å². The number of hydrogen-bond donors (Lipinski definition) is 1. The van der Waals surface area contributed by atoms with Gasteiger partial charge in [0.1, 0.15) is 0 Å². The van der Waals surface area contributed by atoms with Crippen LogP contribution in [0.25, 0.3) is 0 Å². The summed E-state index contributed by atoms with van der Waals surface area (Å²) in [6.07, 6.45) is 12.7. The summed E-state index contributed by atoms with van der Waals surface area (Å²) in [5.74, 6) is 0. The number of nitrogens with one attached hydrogen (secondary N) is 1. The van der Waals surface area contributed by atoms with Gasteiger partial charge >= 0.3 is 0 Å². The molecule has 48 valence electrons. The van der Waals surface area contributed by atoms with E-state index in [-0.39, 0.29) is 0 Å². The van der Waals surface area contributed by atoms with Crippen LogP contribution in [0.3, 0.4) is 0 Å². The maximum absolute atomic E-state index is 3.05. The summed E-state index contributed by atoms with van der Waals surface area (Å²) in [5.41, 5.74) is 0.477. The quantitative estimate of drug-likeness (QED) is 0.515. The zero-order valence-corrected chi connectivity index (χ0v) is 5.43. The molecule has 1 saturated carbocycles. The first-order valence-corrected chi connectivity index (χ1v) is 3.53. The highest BCUT2D eigenvalue weighted by Gasteiger charge is 2.32. The number of rotatable bonds is 0. The molecule has 0 aromatic carbocycles. The molecular formula is C8H11N. The van der Waals surface area contributed by atoms with E-state index >= 15 is 0 Å². The highest BCUT2D eigenvalue weighted by atomic mass is 14.8. The molecule has 0 saturated heterocycles. The number of hydrogen-bond acceptors (Lipinski definition) is 1. The zero-order valence-electron chi connectivity index (χ0n) is 5.43. The Morgan fingerprint density at radius 3 is 2.11 bits per heavy atom. The average molecular weight is 121 g/mol. The second-order valence-corrected chi connectivity index (χ2v) is 2.92. The summed E-state index contributed by atoms with van der Waals surface area (Å²) in [6, 6.07) is 0. The maximum Gasteiger partial charge on any atom is 0.00955 e. The van der Waals surface area contributed by atoms with E-state index in [1.54, 1.807) is 0 Å². The van der Waals surface area contributed by atoms with Crippen LogP contribution in [0.1, 0.15) is 19.3 Å². The predicted octanol–water partition coefficient (Wildman–Crippen LogP) is 1.79. The van der Waals surface area contributed by atoms with E-state index in [0.717, 1.165) is 0 Å². The van der Waals surface area contributed by atoms with Crippen LogP contribution in [-0.4, -0.2) is 0 Å². The van der Waals surface area contributed by atoms with Crippen molar-refractivity contribution in [3.8, 4) is 0 Å². The molecule has 0 amide bonds. The van der Waals surface area contributed by atoms with Gasteiger partial charge in [0.05, 0.1) is 0 Å². The Labute approximate surface area is 55.5 Å². The van der Waals surface area contributed by atoms with Crippen LogP contribution in [0.4, 0.5) is 0 Å². The molecule has 0 unspecified atom stereocenters. The van der Waals surface area contributed by atoms with E-state index in [0.29, 0.717) is 5.41 Å². The summed E-state index contributed by atoms with van der Waals surface area (Å²) >= 11 is 0. The van der Waals surface area contributed by atoms with Crippen LogP contribution in [0.5, 0.6) is 0 Å². The van der Waals surface area contributed by atoms with Gasteiger partial charge in [-0.3, -0.25) is 0 Å². The van der Waals surface area contributed by atoms with Crippen molar-refractivity contribution >= 4 is 0 Å². The fourth-order valence-electron chi connectivity index (χ4n) is 1.46. The molecule has 9 heavy (non-hydrogen) atoms. The Morgan fingerprint density at radius 1 is 1.11 bits per heavy atom. The Bertz CT molecular complexity index is 149. The monoisotopic (exact) mass is 121 g/mol. The molecule has 1 aliphatic heterocycles. The lowest BCUT2D eigenvalue weighted by molar-refractivity contribution is 0.273. The molecule has 1 nitrogen and oxygen atoms in total. The summed E-state index contributed by atoms with van der Waals surface area (Å²) in [4.78, 5) is 0. The van der Waals surface area contributed by atoms with E-state index < -0.39 is 0 Å². The van der Waals surface area contributed by atoms with Crippen LogP contribution in [-0.2, 0) is 0 Å². The molecule has 2 rings (SSSR count). The summed E-state index contributed by atoms with van der Waals surface area (Å²) in [5, 5.41) is 3.05. The van der Waals surface area contributed by atoms with E-state index in [4.69, 9.17) is 0 Å². The maximum atomic E-state index is 3.05. The number of allylic oxidation sites excluding steroid dienone is 2. The third-order valence-electron chi connectivity index (χ3n) is 2.31. The van der Waals surface area contributed by atoms with Crippen LogP contribution < -0.4 is 5.32 Å². The molecule has 1 fully saturated rings. The van der Waals surface area contributed by atoms with Crippen LogP contribution in [0, 0.1) is 5.41 Å². The fourth-order valence-corrected chi connectivity index (χ4v) is 1.46. The first-order valence-electron chi connectivity index (χ1n) is 3.53. The Balaban J connectivity index is 2.17. The molecule has 1 N–H and O–H groups in total. The molecule has 1 spiro atoms. The minimum atomic E-state index is 0.477. The third-order valence-corrected chi connectivity index (χ3v) is 2.31. The SMILES string of the molecule is C1=CC2(C=CN1)CCC2. The van der Waals surface area contributed by atoms with E-state index in [1.165, 1.54) is 19.3 Å². The zero-order chi connectivity index (χ0) is 6.16. The predicted molar refractivity (Wildman–Crippen MR) is 37.7 cm³/mol. The van der Waals surface area contributed by atoms with Gasteiger partial charge < -0.3 is 5.32 Å². The van der Waals surface area contributed by atoms with Gasteiger partial charge in [0.15, 0.2) is 0 Å². The number of dihydropyridines is 1. The van der Waals surface area contributed by atoms with Crippen molar-refractivity contribution in [2.75, 3.05) is 0 Å². The standard InChI is InChI=1S/C8H11N/c1-2-8(3-1)4-6-9-7-5-8/h4-7,9H,1-3H2. The minimum Gasteiger partial charge on any atom is -0.368 e. The van der Waals surface area contributed by atoms with Gasteiger partial charge in [-0.1, -0.05) is 18.6 Å². The van der Waals surface area contributed by atoms with Crippen molar-refractivity contribution < 1.29 is 0 Å². The van der Waals surface area contributed by atoms with Crippen LogP contribution in [0.2, 0.25) is 0 Å². The van der Waals surface area contributed by atoms with Gasteiger partial charge in [-0.05, 0) is 25.2 Å². The van der Waals surface area contributed by atoms with E-state index in [9.17, 15) is 0 Å². The highest BCUT2D eigenvalue weighted by Crippen LogP contribution is 2.43. The fraction of sp³-hybridized carbons (Fsp3) is 0.500. The largest absolute Gasteiger partial charge is 0.368 e. The van der Waals surface area contributed by atoms with Crippen molar-refractivity contribution in [3.63, 3.8) is 0 Å². The Morgan fingerprint density at radius 2 is 1.78 bits per heavy atom. The molecule has 1 heterocycles. The smallest absolute Gasteiger partial charge is 0.00955 e. The Hall–Kier alpha value is -0.720. The normalized spacial score (nSPS) is 27.6. The molecule has 2 aliphatic rings. The lowest BCUT2D eigenvalue weighted by Crippen LogP contribution is -2.27. The molecule has 1 heteroatoms. The molecule has 0 aromatic heterocycles. The minimum absolute atomic E-state index is 0.477. The van der Waals surface area contributed by atoms with Gasteiger partial charge in [0.25, 0.3) is 0 Å². The second kappa shape index (κ2) is 1.63. The van der Waals surface area contributed by atoms with Crippen molar-refractivity contribution in [1.82, 2.24) is 5.32 Å². The van der Waals surface area contributed by atoms with Crippen molar-refractivity contribution in [1.29, 1.82) is 0 Å². The third kappa shape index (κ3) is 0.680. The first-order chi connectivity index (χ1) is 4.41. The van der Waals surface area contributed by atoms with Crippen molar-refractivity contribution in [2.24, 2.45) is 5.41 Å². The second-order valence-electron chi connectivity index (χ2n) is 2.92. The lowest BCUT2D eigenvalue weighted by Gasteiger charge is -2.37. The molecule has 0 bridgehead atoms. The van der Waals surface area contributed by atoms with E-state index in [2.05, 4.69) is 17.5 Å². The molecule has 0 atom stereocenters.